The summed E-state index contributed by atoms with van der Waals surface area (Å²) in [6.07, 6.45) is 0. The van der Waals surface area contributed by atoms with E-state index < -0.39 is 0 Å². The highest BCUT2D eigenvalue weighted by molar-refractivity contribution is 7.09. The van der Waals surface area contributed by atoms with Crippen molar-refractivity contribution in [2.45, 2.75) is 33.4 Å². The van der Waals surface area contributed by atoms with Crippen LogP contribution in [0.2, 0.25) is 0 Å². The topological polar surface area (TPSA) is 50.9 Å². The molecule has 0 saturated carbocycles. The minimum absolute atomic E-state index is 0.231. The van der Waals surface area contributed by atoms with Gasteiger partial charge < -0.3 is 11.1 Å². The quantitative estimate of drug-likeness (QED) is 0.780. The third-order valence-corrected chi connectivity index (χ3v) is 3.03. The van der Waals surface area contributed by atoms with Crippen molar-refractivity contribution in [1.82, 2.24) is 10.3 Å². The van der Waals surface area contributed by atoms with Crippen molar-refractivity contribution in [3.05, 3.63) is 16.1 Å². The third-order valence-electron chi connectivity index (χ3n) is 2.21. The molecule has 80 valence electrons. The molecular weight excluding hydrogens is 194 g/mol. The number of thiazole rings is 1. The molecule has 1 rings (SSSR count). The zero-order valence-electron chi connectivity index (χ0n) is 9.08. The zero-order valence-corrected chi connectivity index (χ0v) is 9.90. The summed E-state index contributed by atoms with van der Waals surface area (Å²) in [5, 5.41) is 6.52. The number of nitrogens with one attached hydrogen (secondary N) is 1. The number of nitrogens with zero attached hydrogens (tertiary/aromatic N) is 1. The molecule has 1 atom stereocenters. The Hall–Kier alpha value is -0.450. The summed E-state index contributed by atoms with van der Waals surface area (Å²) in [5.74, 6) is 0.527. The van der Waals surface area contributed by atoms with E-state index in [1.165, 1.54) is 0 Å². The molecule has 1 aromatic rings. The normalized spacial score (nSPS) is 13.5. The van der Waals surface area contributed by atoms with Crippen LogP contribution >= 0.6 is 11.3 Å². The average molecular weight is 213 g/mol. The second kappa shape index (κ2) is 5.44. The Morgan fingerprint density at radius 2 is 2.29 bits per heavy atom. The van der Waals surface area contributed by atoms with Gasteiger partial charge in [-0.25, -0.2) is 4.98 Å². The molecule has 3 N–H and O–H groups in total. The maximum atomic E-state index is 5.91. The van der Waals surface area contributed by atoms with E-state index in [4.69, 9.17) is 5.73 Å². The van der Waals surface area contributed by atoms with Crippen LogP contribution in [0.4, 0.5) is 0 Å². The largest absolute Gasteiger partial charge is 0.326 e. The van der Waals surface area contributed by atoms with Crippen molar-refractivity contribution < 1.29 is 0 Å². The summed E-state index contributed by atoms with van der Waals surface area (Å²) in [7, 11) is 0. The van der Waals surface area contributed by atoms with Crippen LogP contribution in [0.3, 0.4) is 0 Å². The molecule has 0 saturated heterocycles. The fraction of sp³-hybridized carbons (Fsp3) is 0.700. The van der Waals surface area contributed by atoms with E-state index >= 15 is 0 Å². The van der Waals surface area contributed by atoms with Gasteiger partial charge in [-0.2, -0.15) is 0 Å². The summed E-state index contributed by atoms with van der Waals surface area (Å²) in [4.78, 5) is 4.37. The van der Waals surface area contributed by atoms with E-state index in [-0.39, 0.29) is 6.04 Å². The molecule has 3 nitrogen and oxygen atoms in total. The molecule has 0 aliphatic heterocycles. The van der Waals surface area contributed by atoms with E-state index in [1.807, 2.05) is 6.92 Å². The van der Waals surface area contributed by atoms with Gasteiger partial charge in [-0.05, 0) is 12.8 Å². The Balaban J connectivity index is 2.22. The summed E-state index contributed by atoms with van der Waals surface area (Å²) < 4.78 is 0. The monoisotopic (exact) mass is 213 g/mol. The Morgan fingerprint density at radius 3 is 2.79 bits per heavy atom. The van der Waals surface area contributed by atoms with Crippen LogP contribution in [0.5, 0.6) is 0 Å². The first kappa shape index (κ1) is 11.6. The molecule has 0 fully saturated rings. The highest BCUT2D eigenvalue weighted by Crippen LogP contribution is 2.07. The molecule has 0 aliphatic rings. The fourth-order valence-electron chi connectivity index (χ4n) is 1.09. The lowest BCUT2D eigenvalue weighted by atomic mass is 10.1. The highest BCUT2D eigenvalue weighted by atomic mass is 32.1. The first-order chi connectivity index (χ1) is 6.59. The predicted octanol–water partition coefficient (Wildman–Crippen LogP) is 1.52. The van der Waals surface area contributed by atoms with Gasteiger partial charge in [-0.3, -0.25) is 0 Å². The van der Waals surface area contributed by atoms with Crippen LogP contribution in [-0.2, 0) is 6.54 Å². The smallest absolute Gasteiger partial charge is 0.0897 e. The minimum Gasteiger partial charge on any atom is -0.326 e. The van der Waals surface area contributed by atoms with Crippen LogP contribution in [0.1, 0.15) is 24.5 Å². The number of nitrogens with two attached hydrogens (primary N) is 1. The number of hydrogen-bond donors (Lipinski definition) is 2. The lowest BCUT2D eigenvalue weighted by molar-refractivity contribution is 0.457. The molecular formula is C10H19N3S. The van der Waals surface area contributed by atoms with Crippen LogP contribution in [0.15, 0.2) is 5.38 Å². The number of hydrogen-bond acceptors (Lipinski definition) is 4. The lowest BCUT2D eigenvalue weighted by Gasteiger charge is -2.15. The summed E-state index contributed by atoms with van der Waals surface area (Å²) in [6.45, 7) is 7.98. The van der Waals surface area contributed by atoms with Crippen molar-refractivity contribution in [2.24, 2.45) is 11.7 Å². The molecule has 1 aromatic heterocycles. The van der Waals surface area contributed by atoms with Gasteiger partial charge in [0.2, 0.25) is 0 Å². The van der Waals surface area contributed by atoms with E-state index in [0.717, 1.165) is 23.8 Å². The Bertz CT molecular complexity index is 270. The Labute approximate surface area is 89.7 Å². The molecule has 0 aliphatic carbocycles. The number of rotatable bonds is 5. The van der Waals surface area contributed by atoms with Gasteiger partial charge in [0.25, 0.3) is 0 Å². The molecule has 0 spiro atoms. The highest BCUT2D eigenvalue weighted by Gasteiger charge is 2.06. The van der Waals surface area contributed by atoms with E-state index in [2.05, 4.69) is 29.5 Å². The number of aromatic nitrogens is 1. The van der Waals surface area contributed by atoms with Gasteiger partial charge in [-0.15, -0.1) is 11.3 Å². The van der Waals surface area contributed by atoms with Gasteiger partial charge in [-0.1, -0.05) is 13.8 Å². The Morgan fingerprint density at radius 1 is 1.57 bits per heavy atom. The van der Waals surface area contributed by atoms with E-state index in [0.29, 0.717) is 5.92 Å². The molecule has 14 heavy (non-hydrogen) atoms. The lowest BCUT2D eigenvalue weighted by Crippen LogP contribution is -2.37. The summed E-state index contributed by atoms with van der Waals surface area (Å²) in [6, 6.07) is 0.231. The van der Waals surface area contributed by atoms with Gasteiger partial charge in [0, 0.05) is 24.5 Å². The Kier molecular flexibility index (Phi) is 4.51. The van der Waals surface area contributed by atoms with Crippen molar-refractivity contribution in [2.75, 3.05) is 6.54 Å². The second-order valence-electron chi connectivity index (χ2n) is 3.90. The van der Waals surface area contributed by atoms with Crippen LogP contribution in [0.25, 0.3) is 0 Å². The first-order valence-electron chi connectivity index (χ1n) is 4.97. The van der Waals surface area contributed by atoms with Crippen molar-refractivity contribution in [3.63, 3.8) is 0 Å². The van der Waals surface area contributed by atoms with Gasteiger partial charge >= 0.3 is 0 Å². The fourth-order valence-corrected chi connectivity index (χ4v) is 1.70. The molecule has 0 radical (unpaired) electrons. The van der Waals surface area contributed by atoms with Crippen molar-refractivity contribution >= 4 is 11.3 Å². The summed E-state index contributed by atoms with van der Waals surface area (Å²) in [5.41, 5.74) is 7.02. The van der Waals surface area contributed by atoms with Gasteiger partial charge in [0.15, 0.2) is 0 Å². The second-order valence-corrected chi connectivity index (χ2v) is 4.96. The number of aryl methyl sites for hydroxylation is 1. The maximum Gasteiger partial charge on any atom is 0.0897 e. The van der Waals surface area contributed by atoms with E-state index in [1.54, 1.807) is 11.3 Å². The average Bonchev–Trinajstić information content (AvgIpc) is 2.51. The van der Waals surface area contributed by atoms with Crippen LogP contribution in [0, 0.1) is 12.8 Å². The molecule has 4 heteroatoms. The molecule has 0 bridgehead atoms. The van der Waals surface area contributed by atoms with Crippen molar-refractivity contribution in [1.29, 1.82) is 0 Å². The third kappa shape index (κ3) is 3.74. The summed E-state index contributed by atoms with van der Waals surface area (Å²) >= 11 is 1.69. The molecule has 1 heterocycles. The maximum absolute atomic E-state index is 5.91. The SMILES string of the molecule is Cc1nc(CNCC(N)C(C)C)cs1. The minimum atomic E-state index is 0.231. The predicted molar refractivity (Wildman–Crippen MR) is 61.4 cm³/mol. The molecule has 1 unspecified atom stereocenters. The van der Waals surface area contributed by atoms with E-state index in [9.17, 15) is 0 Å². The molecule has 0 amide bonds. The molecule has 0 aromatic carbocycles. The van der Waals surface area contributed by atoms with Gasteiger partial charge in [0.05, 0.1) is 10.7 Å². The van der Waals surface area contributed by atoms with Crippen LogP contribution < -0.4 is 11.1 Å². The zero-order chi connectivity index (χ0) is 10.6. The van der Waals surface area contributed by atoms with Gasteiger partial charge in [0.1, 0.15) is 0 Å². The standard InChI is InChI=1S/C10H19N3S/c1-7(2)10(11)5-12-4-9-6-14-8(3)13-9/h6-7,10,12H,4-5,11H2,1-3H3. The first-order valence-corrected chi connectivity index (χ1v) is 5.85. The van der Waals surface area contributed by atoms with Crippen molar-refractivity contribution in [3.8, 4) is 0 Å². The van der Waals surface area contributed by atoms with Crippen LogP contribution in [-0.4, -0.2) is 17.6 Å².